The molecule has 0 aromatic heterocycles. The van der Waals surface area contributed by atoms with Crippen molar-refractivity contribution in [3.05, 3.63) is 107 Å². The number of amides is 4. The predicted molar refractivity (Wildman–Crippen MR) is 203 cm³/mol. The number of fused-ring (bicyclic) bond motifs is 5. The zero-order valence-electron chi connectivity index (χ0n) is 29.7. The van der Waals surface area contributed by atoms with E-state index in [9.17, 15) is 39.3 Å². The number of aliphatic carboxylic acids is 1. The molecule has 4 bridgehead atoms. The second-order valence-electron chi connectivity index (χ2n) is 13.2. The summed E-state index contributed by atoms with van der Waals surface area (Å²) in [5.74, 6) is -4.53. The number of hydrogen-bond donors (Lipinski definition) is 7. The van der Waals surface area contributed by atoms with Crippen molar-refractivity contribution < 1.29 is 39.3 Å². The number of likely N-dealkylation sites (N-methyl/N-ethyl adjacent to an activating group) is 1. The Balaban J connectivity index is 1.50. The van der Waals surface area contributed by atoms with Crippen molar-refractivity contribution in [3.8, 4) is 33.8 Å². The number of hydrogen-bond acceptors (Lipinski definition) is 8. The van der Waals surface area contributed by atoms with Crippen molar-refractivity contribution in [3.63, 3.8) is 0 Å². The van der Waals surface area contributed by atoms with E-state index in [1.165, 1.54) is 50.4 Å². The molecule has 8 N–H and O–H groups in total. The van der Waals surface area contributed by atoms with Gasteiger partial charge in [0.05, 0.1) is 0 Å². The molecule has 0 saturated heterocycles. The van der Waals surface area contributed by atoms with Crippen LogP contribution in [0.1, 0.15) is 53.7 Å². The molecule has 0 radical (unpaired) electrons. The molecule has 4 aromatic carbocycles. The van der Waals surface area contributed by atoms with E-state index in [0.29, 0.717) is 35.5 Å². The number of nitrogens with two attached hydrogens (primary N) is 1. The number of unbranched alkanes of at least 4 members (excludes halogenated alkanes) is 1. The van der Waals surface area contributed by atoms with Crippen LogP contribution in [-0.4, -0.2) is 81.5 Å². The van der Waals surface area contributed by atoms with Gasteiger partial charge in [0, 0.05) is 35.2 Å². The van der Waals surface area contributed by atoms with Gasteiger partial charge < -0.3 is 41.9 Å². The van der Waals surface area contributed by atoms with E-state index >= 15 is 0 Å². The minimum atomic E-state index is -1.41. The summed E-state index contributed by atoms with van der Waals surface area (Å²) in [6.45, 7) is 1.74. The molecule has 4 amide bonds. The van der Waals surface area contributed by atoms with Crippen LogP contribution in [0.15, 0.2) is 84.9 Å². The number of phenolic OH excluding ortho intramolecular Hbond substituents is 2. The Kier molecular flexibility index (Phi) is 12.6. The zero-order chi connectivity index (χ0) is 39.1. The van der Waals surface area contributed by atoms with Crippen molar-refractivity contribution in [1.82, 2.24) is 20.9 Å². The maximum absolute atomic E-state index is 14.4. The highest BCUT2D eigenvalue weighted by Gasteiger charge is 2.36. The molecule has 4 aromatic rings. The number of benzene rings is 4. The number of carbonyl (C=O) groups is 5. The van der Waals surface area contributed by atoms with Gasteiger partial charge in [-0.15, -0.1) is 0 Å². The van der Waals surface area contributed by atoms with Crippen molar-refractivity contribution in [2.75, 3.05) is 13.6 Å². The molecule has 282 valence electrons. The predicted octanol–water partition coefficient (Wildman–Crippen LogP) is 4.14. The van der Waals surface area contributed by atoms with Gasteiger partial charge in [-0.25, -0.2) is 4.79 Å². The third-order valence-electron chi connectivity index (χ3n) is 9.35. The average molecular weight is 756 g/mol. The summed E-state index contributed by atoms with van der Waals surface area (Å²) in [5.41, 5.74) is 8.70. The second-order valence-corrected chi connectivity index (χ2v) is 13.6. The summed E-state index contributed by atoms with van der Waals surface area (Å²) in [7, 11) is 1.38. The Morgan fingerprint density at radius 3 is 2.11 bits per heavy atom. The summed E-state index contributed by atoms with van der Waals surface area (Å²) in [4.78, 5) is 68.5. The Labute approximate surface area is 317 Å². The van der Waals surface area contributed by atoms with E-state index in [4.69, 9.17) is 17.3 Å². The fourth-order valence-electron chi connectivity index (χ4n) is 6.33. The number of nitrogens with one attached hydrogen (secondary N) is 3. The molecular formula is C40H42ClN5O8. The highest BCUT2D eigenvalue weighted by molar-refractivity contribution is 6.30. The van der Waals surface area contributed by atoms with Crippen LogP contribution in [0.3, 0.4) is 0 Å². The van der Waals surface area contributed by atoms with Gasteiger partial charge in [0.25, 0.3) is 5.91 Å². The molecular weight excluding hydrogens is 714 g/mol. The number of carboxylic acids is 1. The number of rotatable bonds is 10. The fourth-order valence-corrected chi connectivity index (χ4v) is 6.45. The third kappa shape index (κ3) is 9.17. The summed E-state index contributed by atoms with van der Waals surface area (Å²) < 4.78 is 0. The Morgan fingerprint density at radius 1 is 0.870 bits per heavy atom. The summed E-state index contributed by atoms with van der Waals surface area (Å²) >= 11 is 6.02. The molecule has 1 aliphatic rings. The maximum atomic E-state index is 14.4. The van der Waals surface area contributed by atoms with Gasteiger partial charge >= 0.3 is 5.97 Å². The number of nitrogens with zero attached hydrogens (tertiary/aromatic N) is 1. The molecule has 5 rings (SSSR count). The molecule has 0 fully saturated rings. The molecule has 0 spiro atoms. The van der Waals surface area contributed by atoms with Gasteiger partial charge in [-0.1, -0.05) is 48.0 Å². The summed E-state index contributed by atoms with van der Waals surface area (Å²) in [6, 6.07) is 17.5. The smallest absolute Gasteiger partial charge is 0.326 e. The van der Waals surface area contributed by atoms with Crippen molar-refractivity contribution >= 4 is 41.2 Å². The maximum Gasteiger partial charge on any atom is 0.326 e. The first-order valence-electron chi connectivity index (χ1n) is 17.4. The van der Waals surface area contributed by atoms with E-state index in [2.05, 4.69) is 16.0 Å². The molecule has 1 heterocycles. The van der Waals surface area contributed by atoms with Crippen LogP contribution in [0, 0.1) is 0 Å². The van der Waals surface area contributed by atoms with Crippen molar-refractivity contribution in [2.24, 2.45) is 5.73 Å². The van der Waals surface area contributed by atoms with E-state index in [1.807, 2.05) is 12.1 Å². The van der Waals surface area contributed by atoms with Crippen LogP contribution in [0.4, 0.5) is 0 Å². The van der Waals surface area contributed by atoms with Crippen LogP contribution >= 0.6 is 11.6 Å². The fraction of sp³-hybridized carbons (Fsp3) is 0.275. The summed E-state index contributed by atoms with van der Waals surface area (Å²) in [5, 5.41) is 40.1. The molecule has 1 aliphatic heterocycles. The number of carbonyl (C=O) groups excluding carboxylic acids is 4. The van der Waals surface area contributed by atoms with E-state index < -0.39 is 53.8 Å². The first-order valence-corrected chi connectivity index (χ1v) is 17.8. The third-order valence-corrected chi connectivity index (χ3v) is 9.60. The van der Waals surface area contributed by atoms with Gasteiger partial charge in [0.1, 0.15) is 35.7 Å². The summed E-state index contributed by atoms with van der Waals surface area (Å²) in [6.07, 6.45) is 1.09. The minimum Gasteiger partial charge on any atom is -0.507 e. The highest BCUT2D eigenvalue weighted by Crippen LogP contribution is 2.39. The van der Waals surface area contributed by atoms with E-state index in [0.717, 1.165) is 16.0 Å². The van der Waals surface area contributed by atoms with E-state index in [1.54, 1.807) is 36.4 Å². The molecule has 4 atom stereocenters. The second kappa shape index (κ2) is 17.3. The lowest BCUT2D eigenvalue weighted by molar-refractivity contribution is -0.143. The normalized spacial score (nSPS) is 17.7. The minimum absolute atomic E-state index is 0.112. The average Bonchev–Trinajstić information content (AvgIpc) is 3.15. The Morgan fingerprint density at radius 2 is 1.48 bits per heavy atom. The van der Waals surface area contributed by atoms with Gasteiger partial charge in [-0.05, 0) is 104 Å². The van der Waals surface area contributed by atoms with Crippen LogP contribution in [0.2, 0.25) is 5.02 Å². The first-order chi connectivity index (χ1) is 25.8. The van der Waals surface area contributed by atoms with Gasteiger partial charge in [0.15, 0.2) is 0 Å². The van der Waals surface area contributed by atoms with Gasteiger partial charge in [-0.3, -0.25) is 19.2 Å². The lowest BCUT2D eigenvalue weighted by atomic mass is 9.93. The van der Waals surface area contributed by atoms with Crippen LogP contribution in [-0.2, 0) is 25.6 Å². The molecule has 13 nitrogen and oxygen atoms in total. The van der Waals surface area contributed by atoms with E-state index in [-0.39, 0.29) is 41.0 Å². The molecule has 0 saturated carbocycles. The number of aromatic hydroxyl groups is 2. The molecule has 4 unspecified atom stereocenters. The van der Waals surface area contributed by atoms with Crippen molar-refractivity contribution in [2.45, 2.75) is 56.8 Å². The van der Waals surface area contributed by atoms with Crippen LogP contribution in [0.5, 0.6) is 11.5 Å². The SMILES string of the molecule is CC1NC(=O)C(N(C)C(=O)C(CCCCN)NC(=O)c2ccc(-c3ccc(Cl)cc3)cc2)c2ccc(O)c(c2)-c2cc(ccc2O)CC(C(=O)O)NC1=O. The van der Waals surface area contributed by atoms with Crippen molar-refractivity contribution in [1.29, 1.82) is 0 Å². The lowest BCUT2D eigenvalue weighted by Gasteiger charge is -2.32. The lowest BCUT2D eigenvalue weighted by Crippen LogP contribution is -2.54. The molecule has 54 heavy (non-hydrogen) atoms. The van der Waals surface area contributed by atoms with Crippen LogP contribution in [0.25, 0.3) is 22.3 Å². The first kappa shape index (κ1) is 39.3. The largest absolute Gasteiger partial charge is 0.507 e. The quantitative estimate of drug-likeness (QED) is 0.116. The number of phenols is 2. The standard InChI is InChI=1S/C40H42ClN5O8/c1-22-36(49)45-32(40(53)54)20-23-6-16-33(47)29(19-23)30-21-27(13-17-34(30)48)35(38(51)43-22)46(2)39(52)31(5-3-4-18-42)44-37(50)26-9-7-24(8-10-26)25-11-14-28(41)15-12-25/h6-17,19,21-22,31-32,35,47-48H,3-5,18,20,42H2,1-2H3,(H,43,51)(H,44,50)(H,45,49)(H,53,54). The topological polar surface area (TPSA) is 211 Å². The monoisotopic (exact) mass is 755 g/mol. The number of carboxylic acid groups (broad SMARTS) is 1. The highest BCUT2D eigenvalue weighted by atomic mass is 35.5. The Bertz CT molecular complexity index is 2040. The molecule has 0 aliphatic carbocycles. The number of halogens is 1. The van der Waals surface area contributed by atoms with Crippen LogP contribution < -0.4 is 21.7 Å². The van der Waals surface area contributed by atoms with Gasteiger partial charge in [0.2, 0.25) is 17.7 Å². The zero-order valence-corrected chi connectivity index (χ0v) is 30.5. The Hall–Kier alpha value is -5.92. The van der Waals surface area contributed by atoms with Gasteiger partial charge in [-0.2, -0.15) is 0 Å². The molecule has 14 heteroatoms.